The summed E-state index contributed by atoms with van der Waals surface area (Å²) in [5.74, 6) is -1.80. The molecule has 0 bridgehead atoms. The van der Waals surface area contributed by atoms with Gasteiger partial charge in [-0.2, -0.15) is 4.31 Å². The summed E-state index contributed by atoms with van der Waals surface area (Å²) in [7, 11) is -3.80. The Hall–Kier alpha value is -2.53. The lowest BCUT2D eigenvalue weighted by Gasteiger charge is -2.29. The topological polar surface area (TPSA) is 123 Å². The number of carboxylic acids is 1. The average molecular weight is 473 g/mol. The Bertz CT molecular complexity index is 932. The van der Waals surface area contributed by atoms with Crippen LogP contribution in [0.5, 0.6) is 5.88 Å². The van der Waals surface area contributed by atoms with Crippen molar-refractivity contribution >= 4 is 22.0 Å². The highest BCUT2D eigenvalue weighted by Gasteiger charge is 2.32. The number of carbonyl (C=O) groups is 2. The van der Waals surface area contributed by atoms with Gasteiger partial charge in [0.05, 0.1) is 18.4 Å². The number of piperidine rings is 1. The average Bonchev–Trinajstić information content (AvgIpc) is 2.73. The smallest absolute Gasteiger partial charge is 0.306 e. The van der Waals surface area contributed by atoms with Crippen LogP contribution in [0.3, 0.4) is 0 Å². The summed E-state index contributed by atoms with van der Waals surface area (Å²) in [5.41, 5.74) is -0.388. The summed E-state index contributed by atoms with van der Waals surface area (Å²) in [6.45, 7) is 5.33. The van der Waals surface area contributed by atoms with E-state index in [2.05, 4.69) is 4.98 Å². The lowest BCUT2D eigenvalue weighted by Crippen LogP contribution is -2.40. The second-order valence-electron chi connectivity index (χ2n) is 8.49. The molecule has 1 N–H and O–H groups in total. The zero-order chi connectivity index (χ0) is 23.9. The number of nitrogens with zero attached hydrogens (tertiary/aromatic N) is 2. The number of esters is 1. The normalized spacial score (nSPS) is 16.6. The van der Waals surface area contributed by atoms with Gasteiger partial charge in [-0.25, -0.2) is 17.8 Å². The maximum Gasteiger partial charge on any atom is 0.306 e. The molecule has 0 saturated carbocycles. The Labute approximate surface area is 187 Å². The number of aliphatic carboxylic acids is 1. The van der Waals surface area contributed by atoms with E-state index < -0.39 is 33.5 Å². The molecular weight excluding hydrogens is 443 g/mol. The Morgan fingerprint density at radius 3 is 2.41 bits per heavy atom. The Morgan fingerprint density at radius 1 is 1.25 bits per heavy atom. The van der Waals surface area contributed by atoms with Crippen molar-refractivity contribution in [2.24, 2.45) is 5.92 Å². The fourth-order valence-electron chi connectivity index (χ4n) is 3.08. The molecule has 0 spiro atoms. The van der Waals surface area contributed by atoms with Crippen LogP contribution < -0.4 is 4.74 Å². The minimum absolute atomic E-state index is 0.000433. The van der Waals surface area contributed by atoms with Crippen molar-refractivity contribution in [2.45, 2.75) is 57.0 Å². The molecule has 11 heteroatoms. The summed E-state index contributed by atoms with van der Waals surface area (Å²) < 4.78 is 50.4. The highest BCUT2D eigenvalue weighted by atomic mass is 32.2. The van der Waals surface area contributed by atoms with E-state index in [1.165, 1.54) is 16.4 Å². The molecule has 1 aliphatic heterocycles. The molecule has 0 amide bonds. The van der Waals surface area contributed by atoms with Crippen molar-refractivity contribution in [3.63, 3.8) is 0 Å². The van der Waals surface area contributed by atoms with E-state index in [9.17, 15) is 22.4 Å². The minimum Gasteiger partial charge on any atom is -0.481 e. The van der Waals surface area contributed by atoms with Crippen molar-refractivity contribution in [2.75, 3.05) is 19.7 Å². The molecule has 1 fully saturated rings. The van der Waals surface area contributed by atoms with Gasteiger partial charge in [-0.05, 0) is 51.7 Å². The van der Waals surface area contributed by atoms with E-state index in [1.54, 1.807) is 20.8 Å². The standard InChI is InChI=1S/C21H29FN2O7S/c1-21(2,3)31-19(25)7-4-15(12-22)14-30-18-6-5-17(13-23-18)32(28,29)24-10-8-16(9-11-24)20(26)27/h5-6,12-13,16H,4,7-11,14H2,1-3H3,(H,26,27). The van der Waals surface area contributed by atoms with Gasteiger partial charge in [0.25, 0.3) is 0 Å². The summed E-state index contributed by atoms with van der Waals surface area (Å²) in [5, 5.41) is 9.05. The molecule has 1 saturated heterocycles. The van der Waals surface area contributed by atoms with Gasteiger partial charge >= 0.3 is 11.9 Å². The number of carbonyl (C=O) groups excluding carboxylic acids is 1. The zero-order valence-corrected chi connectivity index (χ0v) is 19.2. The van der Waals surface area contributed by atoms with Crippen molar-refractivity contribution in [3.8, 4) is 5.88 Å². The largest absolute Gasteiger partial charge is 0.481 e. The predicted molar refractivity (Wildman–Crippen MR) is 113 cm³/mol. The van der Waals surface area contributed by atoms with Crippen molar-refractivity contribution in [3.05, 3.63) is 30.2 Å². The van der Waals surface area contributed by atoms with Gasteiger partial charge in [-0.15, -0.1) is 0 Å². The molecule has 0 atom stereocenters. The maximum absolute atomic E-state index is 13.1. The van der Waals surface area contributed by atoms with Crippen molar-refractivity contribution in [1.29, 1.82) is 0 Å². The molecule has 178 valence electrons. The molecule has 1 aliphatic rings. The number of ether oxygens (including phenoxy) is 2. The first-order chi connectivity index (χ1) is 14.9. The van der Waals surface area contributed by atoms with Crippen LogP contribution in [0.25, 0.3) is 0 Å². The van der Waals surface area contributed by atoms with E-state index in [4.69, 9.17) is 14.6 Å². The zero-order valence-electron chi connectivity index (χ0n) is 18.4. The van der Waals surface area contributed by atoms with Crippen molar-refractivity contribution < 1.29 is 37.0 Å². The third kappa shape index (κ3) is 7.56. The van der Waals surface area contributed by atoms with Gasteiger partial charge in [0.15, 0.2) is 0 Å². The van der Waals surface area contributed by atoms with Crippen LogP contribution in [0, 0.1) is 5.92 Å². The monoisotopic (exact) mass is 472 g/mol. The van der Waals surface area contributed by atoms with Gasteiger partial charge in [0, 0.05) is 25.6 Å². The highest BCUT2D eigenvalue weighted by Crippen LogP contribution is 2.24. The highest BCUT2D eigenvalue weighted by molar-refractivity contribution is 7.89. The van der Waals surface area contributed by atoms with Gasteiger partial charge < -0.3 is 14.6 Å². The van der Waals surface area contributed by atoms with Crippen LogP contribution in [0.1, 0.15) is 46.5 Å². The number of halogens is 1. The minimum atomic E-state index is -3.80. The van der Waals surface area contributed by atoms with Crippen LogP contribution in [-0.2, 0) is 24.3 Å². The van der Waals surface area contributed by atoms with Gasteiger partial charge in [0.1, 0.15) is 17.1 Å². The molecule has 32 heavy (non-hydrogen) atoms. The quantitative estimate of drug-likeness (QED) is 0.544. The van der Waals surface area contributed by atoms with Gasteiger partial charge in [0.2, 0.25) is 15.9 Å². The molecule has 0 radical (unpaired) electrons. The van der Waals surface area contributed by atoms with Crippen LogP contribution in [-0.4, -0.2) is 60.0 Å². The molecular formula is C21H29FN2O7S. The fraction of sp³-hybridized carbons (Fsp3) is 0.571. The number of hydrogen-bond acceptors (Lipinski definition) is 7. The molecule has 1 aromatic heterocycles. The third-order valence-corrected chi connectivity index (χ3v) is 6.66. The summed E-state index contributed by atoms with van der Waals surface area (Å²) in [6.07, 6.45) is 2.14. The molecule has 0 aromatic carbocycles. The second-order valence-corrected chi connectivity index (χ2v) is 10.4. The molecule has 0 aliphatic carbocycles. The number of carboxylic acid groups (broad SMARTS) is 1. The lowest BCUT2D eigenvalue weighted by molar-refractivity contribution is -0.154. The van der Waals surface area contributed by atoms with E-state index >= 15 is 0 Å². The van der Waals surface area contributed by atoms with E-state index in [0.29, 0.717) is 6.33 Å². The van der Waals surface area contributed by atoms with Crippen LogP contribution in [0.4, 0.5) is 4.39 Å². The van der Waals surface area contributed by atoms with E-state index in [1.807, 2.05) is 0 Å². The number of aromatic nitrogens is 1. The second kappa shape index (κ2) is 10.9. The van der Waals surface area contributed by atoms with Gasteiger partial charge in [-0.3, -0.25) is 9.59 Å². The first-order valence-corrected chi connectivity index (χ1v) is 11.7. The first-order valence-electron chi connectivity index (χ1n) is 10.2. The number of pyridine rings is 1. The Morgan fingerprint density at radius 2 is 1.91 bits per heavy atom. The lowest BCUT2D eigenvalue weighted by atomic mass is 9.99. The van der Waals surface area contributed by atoms with E-state index in [0.717, 1.165) is 6.20 Å². The summed E-state index contributed by atoms with van der Waals surface area (Å²) in [6, 6.07) is 2.70. The van der Waals surface area contributed by atoms with E-state index in [-0.39, 0.29) is 61.7 Å². The Balaban J connectivity index is 1.89. The number of sulfonamides is 1. The Kier molecular flexibility index (Phi) is 8.73. The maximum atomic E-state index is 13.1. The molecule has 9 nitrogen and oxygen atoms in total. The first kappa shape index (κ1) is 25.7. The summed E-state index contributed by atoms with van der Waals surface area (Å²) in [4.78, 5) is 26.7. The van der Waals surface area contributed by atoms with Crippen LogP contribution >= 0.6 is 0 Å². The van der Waals surface area contributed by atoms with Gasteiger partial charge in [-0.1, -0.05) is 0 Å². The predicted octanol–water partition coefficient (Wildman–Crippen LogP) is 2.92. The van der Waals surface area contributed by atoms with Crippen LogP contribution in [0.15, 0.2) is 35.1 Å². The summed E-state index contributed by atoms with van der Waals surface area (Å²) >= 11 is 0. The molecule has 2 heterocycles. The molecule has 1 aromatic rings. The fourth-order valence-corrected chi connectivity index (χ4v) is 4.49. The third-order valence-electron chi connectivity index (χ3n) is 4.78. The molecule has 0 unspecified atom stereocenters. The number of rotatable bonds is 9. The van der Waals surface area contributed by atoms with Crippen molar-refractivity contribution in [1.82, 2.24) is 9.29 Å². The van der Waals surface area contributed by atoms with Crippen LogP contribution in [0.2, 0.25) is 0 Å². The molecule has 2 rings (SSSR count). The SMILES string of the molecule is CC(C)(C)OC(=O)CCC(=CF)COc1ccc(S(=O)(=O)N2CCC(C(=O)O)CC2)cn1. The number of hydrogen-bond donors (Lipinski definition) is 1.